The van der Waals surface area contributed by atoms with Gasteiger partial charge in [0.25, 0.3) is 11.5 Å². The highest BCUT2D eigenvalue weighted by Crippen LogP contribution is 2.24. The van der Waals surface area contributed by atoms with Crippen LogP contribution in [0.25, 0.3) is 0 Å². The van der Waals surface area contributed by atoms with Gasteiger partial charge in [0.05, 0.1) is 18.4 Å². The Kier molecular flexibility index (Phi) is 3.60. The number of nitrogens with two attached hydrogens (primary N) is 1. The molecule has 0 aliphatic carbocycles. The third kappa shape index (κ3) is 2.89. The van der Waals surface area contributed by atoms with E-state index in [2.05, 4.69) is 10.3 Å². The molecule has 2 aromatic rings. The zero-order valence-corrected chi connectivity index (χ0v) is 10.6. The number of carbonyl (C=O) groups excluding carboxylic acids is 1. The zero-order chi connectivity index (χ0) is 14.7. The number of methoxy groups -OCH3 is 1. The van der Waals surface area contributed by atoms with Crippen LogP contribution in [-0.2, 0) is 0 Å². The van der Waals surface area contributed by atoms with Crippen molar-refractivity contribution in [3.63, 3.8) is 0 Å². The average Bonchev–Trinajstić information content (AvgIpc) is 2.37. The Balaban J connectivity index is 2.23. The van der Waals surface area contributed by atoms with Crippen LogP contribution in [-0.4, -0.2) is 23.1 Å². The molecule has 0 aliphatic rings. The maximum atomic E-state index is 11.9. The van der Waals surface area contributed by atoms with Gasteiger partial charge in [0.2, 0.25) is 0 Å². The number of ether oxygens (including phenoxy) is 1. The lowest BCUT2D eigenvalue weighted by Gasteiger charge is -2.08. The number of nitrogens with one attached hydrogen (secondary N) is 2. The van der Waals surface area contributed by atoms with E-state index in [-0.39, 0.29) is 11.4 Å². The number of rotatable bonds is 3. The Labute approximate surface area is 114 Å². The lowest BCUT2D eigenvalue weighted by atomic mass is 10.2. The molecule has 0 unspecified atom stereocenters. The summed E-state index contributed by atoms with van der Waals surface area (Å²) in [6.07, 6.45) is 0. The van der Waals surface area contributed by atoms with Crippen LogP contribution in [0.5, 0.6) is 11.6 Å². The molecule has 1 amide bonds. The molecular formula is C13H13N3O4. The van der Waals surface area contributed by atoms with Gasteiger partial charge in [0.1, 0.15) is 5.75 Å². The summed E-state index contributed by atoms with van der Waals surface area (Å²) in [5.41, 5.74) is 6.03. The van der Waals surface area contributed by atoms with E-state index in [0.717, 1.165) is 12.1 Å². The topological polar surface area (TPSA) is 117 Å². The number of aromatic amines is 1. The van der Waals surface area contributed by atoms with Crippen molar-refractivity contribution in [2.45, 2.75) is 0 Å². The largest absolute Gasteiger partial charge is 0.495 e. The van der Waals surface area contributed by atoms with Gasteiger partial charge in [-0.05, 0) is 18.2 Å². The molecule has 0 saturated heterocycles. The molecule has 7 nitrogen and oxygen atoms in total. The first-order chi connectivity index (χ1) is 9.49. The molecular weight excluding hydrogens is 262 g/mol. The van der Waals surface area contributed by atoms with Gasteiger partial charge in [-0.15, -0.1) is 0 Å². The van der Waals surface area contributed by atoms with Crippen LogP contribution in [0.3, 0.4) is 0 Å². The Morgan fingerprint density at radius 2 is 2.10 bits per heavy atom. The summed E-state index contributed by atoms with van der Waals surface area (Å²) in [5.74, 6) is -0.412. The van der Waals surface area contributed by atoms with Crippen LogP contribution >= 0.6 is 0 Å². The molecule has 5 N–H and O–H groups in total. The second-order valence-electron chi connectivity index (χ2n) is 4.03. The second-order valence-corrected chi connectivity index (χ2v) is 4.03. The van der Waals surface area contributed by atoms with Crippen molar-refractivity contribution in [2.24, 2.45) is 0 Å². The summed E-state index contributed by atoms with van der Waals surface area (Å²) < 4.78 is 5.00. The quantitative estimate of drug-likeness (QED) is 0.621. The highest BCUT2D eigenvalue weighted by Gasteiger charge is 2.09. The normalized spacial score (nSPS) is 10.1. The van der Waals surface area contributed by atoms with Crippen LogP contribution in [0.4, 0.5) is 11.4 Å². The van der Waals surface area contributed by atoms with Crippen molar-refractivity contribution in [3.8, 4) is 11.6 Å². The number of carbonyl (C=O) groups is 1. The van der Waals surface area contributed by atoms with Crippen molar-refractivity contribution >= 4 is 17.3 Å². The zero-order valence-electron chi connectivity index (χ0n) is 10.6. The maximum Gasteiger partial charge on any atom is 0.256 e. The van der Waals surface area contributed by atoms with E-state index in [1.807, 2.05) is 0 Å². The summed E-state index contributed by atoms with van der Waals surface area (Å²) in [6, 6.07) is 7.00. The van der Waals surface area contributed by atoms with Gasteiger partial charge < -0.3 is 20.9 Å². The molecule has 7 heteroatoms. The molecule has 104 valence electrons. The van der Waals surface area contributed by atoms with Gasteiger partial charge in [-0.1, -0.05) is 0 Å². The molecule has 20 heavy (non-hydrogen) atoms. The molecule has 0 atom stereocenters. The van der Waals surface area contributed by atoms with Gasteiger partial charge in [-0.3, -0.25) is 14.6 Å². The number of pyridine rings is 1. The fourth-order valence-electron chi connectivity index (χ4n) is 1.68. The SMILES string of the molecule is COc1ccc(NC(=O)c2cc(O)[nH]c(=O)c2)cc1N. The van der Waals surface area contributed by atoms with E-state index in [1.165, 1.54) is 13.2 Å². The van der Waals surface area contributed by atoms with Gasteiger partial charge in [0, 0.05) is 17.8 Å². The Hall–Kier alpha value is -2.96. The fraction of sp³-hybridized carbons (Fsp3) is 0.0769. The van der Waals surface area contributed by atoms with E-state index in [9.17, 15) is 14.7 Å². The maximum absolute atomic E-state index is 11.9. The smallest absolute Gasteiger partial charge is 0.256 e. The van der Waals surface area contributed by atoms with Crippen LogP contribution in [0.1, 0.15) is 10.4 Å². The van der Waals surface area contributed by atoms with Crippen molar-refractivity contribution in [2.75, 3.05) is 18.2 Å². The third-order valence-corrected chi connectivity index (χ3v) is 2.58. The molecule has 0 spiro atoms. The number of hydrogen-bond donors (Lipinski definition) is 4. The molecule has 2 rings (SSSR count). The van der Waals surface area contributed by atoms with Crippen LogP contribution < -0.4 is 21.3 Å². The first-order valence-electron chi connectivity index (χ1n) is 5.68. The molecule has 0 saturated carbocycles. The molecule has 0 aliphatic heterocycles. The van der Waals surface area contributed by atoms with Crippen molar-refractivity contribution < 1.29 is 14.6 Å². The first-order valence-corrected chi connectivity index (χ1v) is 5.68. The van der Waals surface area contributed by atoms with Gasteiger partial charge in [-0.25, -0.2) is 0 Å². The van der Waals surface area contributed by atoms with Crippen molar-refractivity contribution in [1.82, 2.24) is 4.98 Å². The Bertz CT molecular complexity index is 709. The summed E-state index contributed by atoms with van der Waals surface area (Å²) in [7, 11) is 1.49. The van der Waals surface area contributed by atoms with Crippen molar-refractivity contribution in [3.05, 3.63) is 46.2 Å². The highest BCUT2D eigenvalue weighted by molar-refractivity contribution is 6.04. The number of anilines is 2. The van der Waals surface area contributed by atoms with E-state index in [4.69, 9.17) is 10.5 Å². The second kappa shape index (κ2) is 5.35. The number of amides is 1. The molecule has 1 aromatic heterocycles. The minimum atomic E-state index is -0.565. The monoisotopic (exact) mass is 275 g/mol. The minimum Gasteiger partial charge on any atom is -0.495 e. The van der Waals surface area contributed by atoms with E-state index in [0.29, 0.717) is 17.1 Å². The number of aromatic hydroxyl groups is 1. The summed E-state index contributed by atoms with van der Waals surface area (Å²) in [5, 5.41) is 11.8. The standard InChI is InChI=1S/C13H13N3O4/c1-20-10-3-2-8(6-9(10)14)15-13(19)7-4-11(17)16-12(18)5-7/h2-6H,14H2,1H3,(H,15,19)(H2,16,17,18). The minimum absolute atomic E-state index is 0.0423. The summed E-state index contributed by atoms with van der Waals surface area (Å²) in [4.78, 5) is 25.2. The molecule has 0 fully saturated rings. The number of H-pyrrole nitrogens is 1. The Morgan fingerprint density at radius 1 is 1.35 bits per heavy atom. The van der Waals surface area contributed by atoms with E-state index in [1.54, 1.807) is 12.1 Å². The van der Waals surface area contributed by atoms with Gasteiger partial charge in [-0.2, -0.15) is 0 Å². The first kappa shape index (κ1) is 13.5. The van der Waals surface area contributed by atoms with Crippen LogP contribution in [0.2, 0.25) is 0 Å². The molecule has 1 heterocycles. The van der Waals surface area contributed by atoms with Crippen LogP contribution in [0, 0.1) is 0 Å². The van der Waals surface area contributed by atoms with Crippen molar-refractivity contribution in [1.29, 1.82) is 0 Å². The lowest BCUT2D eigenvalue weighted by molar-refractivity contribution is 0.102. The van der Waals surface area contributed by atoms with E-state index >= 15 is 0 Å². The van der Waals surface area contributed by atoms with Crippen LogP contribution in [0.15, 0.2) is 35.1 Å². The number of benzene rings is 1. The van der Waals surface area contributed by atoms with E-state index < -0.39 is 11.5 Å². The number of aromatic nitrogens is 1. The molecule has 0 radical (unpaired) electrons. The number of nitrogen functional groups attached to an aromatic ring is 1. The molecule has 1 aromatic carbocycles. The van der Waals surface area contributed by atoms with Gasteiger partial charge in [0.15, 0.2) is 5.88 Å². The Morgan fingerprint density at radius 3 is 2.70 bits per heavy atom. The number of hydrogen-bond acceptors (Lipinski definition) is 5. The predicted molar refractivity (Wildman–Crippen MR) is 74.1 cm³/mol. The highest BCUT2D eigenvalue weighted by atomic mass is 16.5. The predicted octanol–water partition coefficient (Wildman–Crippen LogP) is 0.924. The fourth-order valence-corrected chi connectivity index (χ4v) is 1.68. The summed E-state index contributed by atoms with van der Waals surface area (Å²) in [6.45, 7) is 0. The van der Waals surface area contributed by atoms with Gasteiger partial charge >= 0.3 is 0 Å². The average molecular weight is 275 g/mol. The lowest BCUT2D eigenvalue weighted by Crippen LogP contribution is -2.16. The third-order valence-electron chi connectivity index (χ3n) is 2.58. The molecule has 0 bridgehead atoms. The summed E-state index contributed by atoms with van der Waals surface area (Å²) >= 11 is 0.